The van der Waals surface area contributed by atoms with E-state index in [4.69, 9.17) is 14.2 Å². The zero-order valence-electron chi connectivity index (χ0n) is 19.4. The molecule has 0 spiro atoms. The maximum atomic E-state index is 13.4. The highest BCUT2D eigenvalue weighted by Gasteiger charge is 2.22. The SMILES string of the molecule is C=CCN(CC(=O)N(Cc1ccc2c(c1)OCO2)Cc1cccs1)C(=O)COCc1ccccc1. The number of fused-ring (bicyclic) bond motifs is 1. The lowest BCUT2D eigenvalue weighted by atomic mass is 10.2. The molecule has 8 heteroatoms. The molecule has 0 unspecified atom stereocenters. The molecule has 1 aromatic heterocycles. The van der Waals surface area contributed by atoms with E-state index in [1.807, 2.05) is 66.0 Å². The molecule has 2 aromatic carbocycles. The summed E-state index contributed by atoms with van der Waals surface area (Å²) in [7, 11) is 0. The predicted octanol–water partition coefficient (Wildman–Crippen LogP) is 4.24. The Hall–Kier alpha value is -3.62. The third-order valence-corrected chi connectivity index (χ3v) is 6.32. The second-order valence-electron chi connectivity index (χ2n) is 8.06. The predicted molar refractivity (Wildman–Crippen MR) is 134 cm³/mol. The summed E-state index contributed by atoms with van der Waals surface area (Å²) in [5, 5.41) is 1.98. The summed E-state index contributed by atoms with van der Waals surface area (Å²) < 4.78 is 16.5. The van der Waals surface area contributed by atoms with Crippen LogP contribution in [0.2, 0.25) is 0 Å². The number of benzene rings is 2. The quantitative estimate of drug-likeness (QED) is 0.354. The van der Waals surface area contributed by atoms with Crippen LogP contribution in [0.1, 0.15) is 16.0 Å². The van der Waals surface area contributed by atoms with Crippen LogP contribution in [0.4, 0.5) is 0 Å². The fraction of sp³-hybridized carbons (Fsp3) is 0.259. The Kier molecular flexibility index (Phi) is 8.53. The average Bonchev–Trinajstić information content (AvgIpc) is 3.55. The Morgan fingerprint density at radius 1 is 0.943 bits per heavy atom. The summed E-state index contributed by atoms with van der Waals surface area (Å²) in [6.45, 7) is 5.19. The second kappa shape index (κ2) is 12.2. The van der Waals surface area contributed by atoms with Crippen molar-refractivity contribution in [3.63, 3.8) is 0 Å². The van der Waals surface area contributed by atoms with Gasteiger partial charge in [0.05, 0.1) is 13.2 Å². The largest absolute Gasteiger partial charge is 0.454 e. The number of thiophene rings is 1. The van der Waals surface area contributed by atoms with Crippen LogP contribution in [0.5, 0.6) is 11.5 Å². The number of amides is 2. The van der Waals surface area contributed by atoms with Crippen molar-refractivity contribution in [1.29, 1.82) is 0 Å². The molecule has 0 fully saturated rings. The fourth-order valence-electron chi connectivity index (χ4n) is 3.68. The van der Waals surface area contributed by atoms with Crippen LogP contribution in [-0.2, 0) is 34.0 Å². The molecular weight excluding hydrogens is 464 g/mol. The van der Waals surface area contributed by atoms with Gasteiger partial charge in [0.2, 0.25) is 18.6 Å². The number of nitrogens with zero attached hydrogens (tertiary/aromatic N) is 2. The van der Waals surface area contributed by atoms with Crippen LogP contribution in [0, 0.1) is 0 Å². The first-order valence-electron chi connectivity index (χ1n) is 11.3. The number of carbonyl (C=O) groups is 2. The van der Waals surface area contributed by atoms with E-state index >= 15 is 0 Å². The minimum Gasteiger partial charge on any atom is -0.454 e. The first-order chi connectivity index (χ1) is 17.1. The van der Waals surface area contributed by atoms with Gasteiger partial charge in [-0.3, -0.25) is 9.59 Å². The van der Waals surface area contributed by atoms with Crippen molar-refractivity contribution in [3.8, 4) is 11.5 Å². The van der Waals surface area contributed by atoms with Crippen LogP contribution < -0.4 is 9.47 Å². The van der Waals surface area contributed by atoms with Crippen LogP contribution in [0.25, 0.3) is 0 Å². The van der Waals surface area contributed by atoms with Crippen molar-refractivity contribution in [3.05, 3.63) is 94.7 Å². The van der Waals surface area contributed by atoms with Gasteiger partial charge < -0.3 is 24.0 Å². The maximum Gasteiger partial charge on any atom is 0.249 e. The smallest absolute Gasteiger partial charge is 0.249 e. The molecule has 0 saturated carbocycles. The molecule has 35 heavy (non-hydrogen) atoms. The van der Waals surface area contributed by atoms with Crippen molar-refractivity contribution >= 4 is 23.2 Å². The summed E-state index contributed by atoms with van der Waals surface area (Å²) in [6, 6.07) is 19.3. The molecule has 3 aromatic rings. The molecule has 182 valence electrons. The fourth-order valence-corrected chi connectivity index (χ4v) is 4.40. The number of hydrogen-bond donors (Lipinski definition) is 0. The van der Waals surface area contributed by atoms with Crippen LogP contribution in [0.15, 0.2) is 78.7 Å². The number of rotatable bonds is 12. The molecule has 1 aliphatic rings. The minimum absolute atomic E-state index is 0.0600. The summed E-state index contributed by atoms with van der Waals surface area (Å²) in [5.41, 5.74) is 1.91. The monoisotopic (exact) mass is 492 g/mol. The van der Waals surface area contributed by atoms with E-state index in [0.29, 0.717) is 31.2 Å². The summed E-state index contributed by atoms with van der Waals surface area (Å²) >= 11 is 1.59. The van der Waals surface area contributed by atoms with Crippen molar-refractivity contribution in [2.75, 3.05) is 26.5 Å². The number of hydrogen-bond acceptors (Lipinski definition) is 6. The van der Waals surface area contributed by atoms with E-state index in [9.17, 15) is 9.59 Å². The molecule has 4 rings (SSSR count). The number of ether oxygens (including phenoxy) is 3. The molecule has 1 aliphatic heterocycles. The summed E-state index contributed by atoms with van der Waals surface area (Å²) in [6.07, 6.45) is 1.61. The first-order valence-corrected chi connectivity index (χ1v) is 12.2. The highest BCUT2D eigenvalue weighted by molar-refractivity contribution is 7.09. The van der Waals surface area contributed by atoms with Gasteiger partial charge in [0.1, 0.15) is 13.2 Å². The Morgan fingerprint density at radius 2 is 1.77 bits per heavy atom. The Labute approximate surface area is 209 Å². The highest BCUT2D eigenvalue weighted by atomic mass is 32.1. The van der Waals surface area contributed by atoms with Crippen molar-refractivity contribution in [1.82, 2.24) is 9.80 Å². The summed E-state index contributed by atoms with van der Waals surface area (Å²) in [5.74, 6) is 0.954. The van der Waals surface area contributed by atoms with Crippen LogP contribution >= 0.6 is 11.3 Å². The summed E-state index contributed by atoms with van der Waals surface area (Å²) in [4.78, 5) is 30.5. The molecule has 7 nitrogen and oxygen atoms in total. The molecule has 0 radical (unpaired) electrons. The van der Waals surface area contributed by atoms with Gasteiger partial charge in [-0.1, -0.05) is 48.5 Å². The second-order valence-corrected chi connectivity index (χ2v) is 9.09. The van der Waals surface area contributed by atoms with Crippen molar-refractivity contribution < 1.29 is 23.8 Å². The third kappa shape index (κ3) is 6.94. The molecule has 0 aliphatic carbocycles. The van der Waals surface area contributed by atoms with Crippen molar-refractivity contribution in [2.45, 2.75) is 19.7 Å². The van der Waals surface area contributed by atoms with Gasteiger partial charge in [0.15, 0.2) is 11.5 Å². The van der Waals surface area contributed by atoms with Gasteiger partial charge in [0.25, 0.3) is 0 Å². The lowest BCUT2D eigenvalue weighted by Crippen LogP contribution is -2.43. The molecule has 0 bridgehead atoms. The topological polar surface area (TPSA) is 68.3 Å². The van der Waals surface area contributed by atoms with E-state index in [1.165, 1.54) is 4.90 Å². The van der Waals surface area contributed by atoms with Crippen LogP contribution in [0.3, 0.4) is 0 Å². The Morgan fingerprint density at radius 3 is 2.54 bits per heavy atom. The minimum atomic E-state index is -0.256. The van der Waals surface area contributed by atoms with Crippen LogP contribution in [-0.4, -0.2) is 48.1 Å². The average molecular weight is 493 g/mol. The number of carbonyl (C=O) groups excluding carboxylic acids is 2. The zero-order chi connectivity index (χ0) is 24.5. The van der Waals surface area contributed by atoms with Gasteiger partial charge in [-0.2, -0.15) is 0 Å². The maximum absolute atomic E-state index is 13.4. The molecule has 2 heterocycles. The van der Waals surface area contributed by atoms with Gasteiger partial charge in [-0.05, 0) is 34.7 Å². The third-order valence-electron chi connectivity index (χ3n) is 5.46. The van der Waals surface area contributed by atoms with E-state index in [-0.39, 0.29) is 38.3 Å². The standard InChI is InChI=1S/C27H28N2O5S/c1-2-12-28(27(31)19-32-18-21-7-4-3-5-8-21)17-26(30)29(16-23-9-6-13-35-23)15-22-10-11-24-25(14-22)34-20-33-24/h2-11,13-14H,1,12,15-20H2. The lowest BCUT2D eigenvalue weighted by Gasteiger charge is -2.27. The van der Waals surface area contributed by atoms with Gasteiger partial charge in [0, 0.05) is 18.0 Å². The molecule has 0 saturated heterocycles. The first kappa shape index (κ1) is 24.5. The molecular formula is C27H28N2O5S. The Bertz CT molecular complexity index is 1130. The molecule has 0 atom stereocenters. The van der Waals surface area contributed by atoms with E-state index < -0.39 is 0 Å². The van der Waals surface area contributed by atoms with Gasteiger partial charge in [-0.25, -0.2) is 0 Å². The normalized spacial score (nSPS) is 11.8. The highest BCUT2D eigenvalue weighted by Crippen LogP contribution is 2.33. The molecule has 2 amide bonds. The van der Waals surface area contributed by atoms with Gasteiger partial charge in [-0.15, -0.1) is 17.9 Å². The zero-order valence-corrected chi connectivity index (χ0v) is 20.2. The molecule has 0 N–H and O–H groups in total. The lowest BCUT2D eigenvalue weighted by molar-refractivity contribution is -0.143. The Balaban J connectivity index is 1.41. The van der Waals surface area contributed by atoms with Crippen molar-refractivity contribution in [2.24, 2.45) is 0 Å². The van der Waals surface area contributed by atoms with E-state index in [1.54, 1.807) is 22.3 Å². The van der Waals surface area contributed by atoms with Gasteiger partial charge >= 0.3 is 0 Å². The van der Waals surface area contributed by atoms with E-state index in [0.717, 1.165) is 16.0 Å². The van der Waals surface area contributed by atoms with E-state index in [2.05, 4.69) is 6.58 Å².